The Labute approximate surface area is 147 Å². The number of nitrogens with zero attached hydrogens (tertiary/aromatic N) is 1. The summed E-state index contributed by atoms with van der Waals surface area (Å²) in [5, 5.41) is 13.2. The fourth-order valence-corrected chi connectivity index (χ4v) is 3.70. The first kappa shape index (κ1) is 19.0. The van der Waals surface area contributed by atoms with Gasteiger partial charge in [0.2, 0.25) is 0 Å². The van der Waals surface area contributed by atoms with E-state index >= 15 is 0 Å². The molecule has 1 saturated carbocycles. The van der Waals surface area contributed by atoms with Crippen molar-refractivity contribution >= 4 is 40.7 Å². The van der Waals surface area contributed by atoms with Crippen LogP contribution in [-0.4, -0.2) is 36.2 Å². The molecular weight excluding hydrogens is 375 g/mol. The van der Waals surface area contributed by atoms with Crippen LogP contribution in [-0.2, 0) is 0 Å². The van der Waals surface area contributed by atoms with Crippen LogP contribution in [0.3, 0.4) is 0 Å². The SMILES string of the molecule is Cl.Cl.Oc1ccc(Br)c([C@H](C2CCC2)N2CCNCC2)c1. The Morgan fingerprint density at radius 2 is 1.86 bits per heavy atom. The van der Waals surface area contributed by atoms with Crippen LogP contribution < -0.4 is 5.32 Å². The van der Waals surface area contributed by atoms with Gasteiger partial charge in [-0.1, -0.05) is 22.4 Å². The standard InChI is InChI=1S/C15H21BrN2O.2ClH/c16-14-5-4-12(19)10-13(14)15(11-2-1-3-11)18-8-6-17-7-9-18;;/h4-5,10-11,15,17,19H,1-3,6-9H2;2*1H/t15-;;/m0../s1. The van der Waals surface area contributed by atoms with Gasteiger partial charge in [-0.05, 0) is 42.5 Å². The maximum atomic E-state index is 9.81. The van der Waals surface area contributed by atoms with Gasteiger partial charge in [-0.3, -0.25) is 4.90 Å². The molecule has 0 amide bonds. The molecule has 3 rings (SSSR count). The van der Waals surface area contributed by atoms with E-state index in [9.17, 15) is 5.11 Å². The van der Waals surface area contributed by atoms with Crippen molar-refractivity contribution in [2.75, 3.05) is 26.2 Å². The number of piperazine rings is 1. The zero-order chi connectivity index (χ0) is 13.2. The molecule has 6 heteroatoms. The summed E-state index contributed by atoms with van der Waals surface area (Å²) in [4.78, 5) is 2.58. The van der Waals surface area contributed by atoms with Gasteiger partial charge in [0.15, 0.2) is 0 Å². The Kier molecular flexibility index (Phi) is 7.79. The summed E-state index contributed by atoms with van der Waals surface area (Å²) in [7, 11) is 0. The first-order valence-corrected chi connectivity index (χ1v) is 7.98. The molecule has 1 aliphatic heterocycles. The van der Waals surface area contributed by atoms with E-state index in [4.69, 9.17) is 0 Å². The third-order valence-electron chi connectivity index (χ3n) is 4.44. The molecule has 120 valence electrons. The minimum atomic E-state index is 0. The molecular formula is C15H23BrCl2N2O. The number of hydrogen-bond donors (Lipinski definition) is 2. The minimum Gasteiger partial charge on any atom is -0.508 e. The minimum absolute atomic E-state index is 0. The smallest absolute Gasteiger partial charge is 0.115 e. The molecule has 21 heavy (non-hydrogen) atoms. The van der Waals surface area contributed by atoms with Gasteiger partial charge in [0.25, 0.3) is 0 Å². The molecule has 0 bridgehead atoms. The molecule has 2 N–H and O–H groups in total. The van der Waals surface area contributed by atoms with Crippen molar-refractivity contribution in [1.29, 1.82) is 0 Å². The van der Waals surface area contributed by atoms with Gasteiger partial charge in [0.1, 0.15) is 5.75 Å². The second-order valence-corrected chi connectivity index (χ2v) is 6.48. The second-order valence-electron chi connectivity index (χ2n) is 5.63. The summed E-state index contributed by atoms with van der Waals surface area (Å²) < 4.78 is 1.13. The molecule has 1 atom stereocenters. The van der Waals surface area contributed by atoms with E-state index in [1.54, 1.807) is 6.07 Å². The molecule has 1 aromatic rings. The number of rotatable bonds is 3. The van der Waals surface area contributed by atoms with Crippen LogP contribution in [0.1, 0.15) is 30.9 Å². The summed E-state index contributed by atoms with van der Waals surface area (Å²) in [6.07, 6.45) is 3.98. The van der Waals surface area contributed by atoms with Crippen molar-refractivity contribution in [3.05, 3.63) is 28.2 Å². The third kappa shape index (κ3) is 4.26. The highest BCUT2D eigenvalue weighted by Gasteiger charge is 2.34. The topological polar surface area (TPSA) is 35.5 Å². The lowest BCUT2D eigenvalue weighted by atomic mass is 9.76. The van der Waals surface area contributed by atoms with Crippen LogP contribution in [0, 0.1) is 5.92 Å². The summed E-state index contributed by atoms with van der Waals surface area (Å²) in [5.41, 5.74) is 1.26. The number of benzene rings is 1. The molecule has 2 fully saturated rings. The van der Waals surface area contributed by atoms with E-state index in [-0.39, 0.29) is 24.8 Å². The molecule has 0 unspecified atom stereocenters. The fourth-order valence-electron chi connectivity index (χ4n) is 3.22. The number of phenolic OH excluding ortho intramolecular Hbond substituents is 1. The lowest BCUT2D eigenvalue weighted by Crippen LogP contribution is -2.47. The predicted octanol–water partition coefficient (Wildman–Crippen LogP) is 3.74. The van der Waals surface area contributed by atoms with Crippen LogP contribution in [0.15, 0.2) is 22.7 Å². The zero-order valence-electron chi connectivity index (χ0n) is 11.9. The number of halogens is 3. The van der Waals surface area contributed by atoms with Crippen LogP contribution in [0.5, 0.6) is 5.75 Å². The lowest BCUT2D eigenvalue weighted by Gasteiger charge is -2.43. The van der Waals surface area contributed by atoms with E-state index in [0.29, 0.717) is 11.8 Å². The Bertz CT molecular complexity index is 451. The highest BCUT2D eigenvalue weighted by Crippen LogP contribution is 2.44. The van der Waals surface area contributed by atoms with Gasteiger partial charge >= 0.3 is 0 Å². The highest BCUT2D eigenvalue weighted by molar-refractivity contribution is 9.10. The van der Waals surface area contributed by atoms with Crippen molar-refractivity contribution in [2.45, 2.75) is 25.3 Å². The fraction of sp³-hybridized carbons (Fsp3) is 0.600. The quantitative estimate of drug-likeness (QED) is 0.815. The molecule has 1 heterocycles. The van der Waals surface area contributed by atoms with Crippen LogP contribution in [0.2, 0.25) is 0 Å². The summed E-state index contributed by atoms with van der Waals surface area (Å²) in [6.45, 7) is 4.34. The van der Waals surface area contributed by atoms with E-state index in [1.165, 1.54) is 24.8 Å². The molecule has 2 aliphatic rings. The Morgan fingerprint density at radius 1 is 1.19 bits per heavy atom. The van der Waals surface area contributed by atoms with Crippen LogP contribution in [0.25, 0.3) is 0 Å². The summed E-state index contributed by atoms with van der Waals surface area (Å²) in [6, 6.07) is 6.12. The largest absolute Gasteiger partial charge is 0.508 e. The first-order valence-electron chi connectivity index (χ1n) is 7.19. The zero-order valence-corrected chi connectivity index (χ0v) is 15.1. The predicted molar refractivity (Wildman–Crippen MR) is 94.8 cm³/mol. The van der Waals surface area contributed by atoms with Crippen molar-refractivity contribution in [3.63, 3.8) is 0 Å². The van der Waals surface area contributed by atoms with Gasteiger partial charge in [-0.25, -0.2) is 0 Å². The average molecular weight is 398 g/mol. The molecule has 0 aromatic heterocycles. The van der Waals surface area contributed by atoms with E-state index in [0.717, 1.165) is 36.6 Å². The average Bonchev–Trinajstić information content (AvgIpc) is 2.38. The van der Waals surface area contributed by atoms with Gasteiger partial charge in [-0.15, -0.1) is 24.8 Å². The molecule has 1 saturated heterocycles. The van der Waals surface area contributed by atoms with E-state index in [2.05, 4.69) is 26.1 Å². The maximum Gasteiger partial charge on any atom is 0.115 e. The summed E-state index contributed by atoms with van der Waals surface area (Å²) in [5.74, 6) is 1.12. The van der Waals surface area contributed by atoms with Crippen LogP contribution >= 0.6 is 40.7 Å². The van der Waals surface area contributed by atoms with E-state index < -0.39 is 0 Å². The molecule has 3 nitrogen and oxygen atoms in total. The van der Waals surface area contributed by atoms with Crippen molar-refractivity contribution in [3.8, 4) is 5.75 Å². The Morgan fingerprint density at radius 3 is 2.43 bits per heavy atom. The van der Waals surface area contributed by atoms with Gasteiger partial charge < -0.3 is 10.4 Å². The van der Waals surface area contributed by atoms with Crippen LogP contribution in [0.4, 0.5) is 0 Å². The van der Waals surface area contributed by atoms with Crippen molar-refractivity contribution < 1.29 is 5.11 Å². The Balaban J connectivity index is 0.00000110. The number of aromatic hydroxyl groups is 1. The Hall–Kier alpha value is -0.000000000000000111. The monoisotopic (exact) mass is 396 g/mol. The second kappa shape index (κ2) is 8.59. The first-order chi connectivity index (χ1) is 9.25. The van der Waals surface area contributed by atoms with Gasteiger partial charge in [-0.2, -0.15) is 0 Å². The highest BCUT2D eigenvalue weighted by atomic mass is 79.9. The number of phenols is 1. The van der Waals surface area contributed by atoms with Crippen molar-refractivity contribution in [1.82, 2.24) is 10.2 Å². The number of hydrogen-bond acceptors (Lipinski definition) is 3. The van der Waals surface area contributed by atoms with Gasteiger partial charge in [0.05, 0.1) is 0 Å². The normalized spacial score (nSPS) is 20.8. The van der Waals surface area contributed by atoms with Gasteiger partial charge in [0, 0.05) is 36.7 Å². The van der Waals surface area contributed by atoms with E-state index in [1.807, 2.05) is 12.1 Å². The maximum absolute atomic E-state index is 9.81. The summed E-state index contributed by atoms with van der Waals surface area (Å²) >= 11 is 3.67. The molecule has 1 aliphatic carbocycles. The third-order valence-corrected chi connectivity index (χ3v) is 5.16. The van der Waals surface area contributed by atoms with Crippen molar-refractivity contribution in [2.24, 2.45) is 5.92 Å². The number of nitrogens with one attached hydrogen (secondary N) is 1. The molecule has 0 radical (unpaired) electrons. The lowest BCUT2D eigenvalue weighted by molar-refractivity contribution is 0.0831. The molecule has 0 spiro atoms. The molecule has 1 aromatic carbocycles.